The minimum absolute atomic E-state index is 0.0220. The van der Waals surface area contributed by atoms with Gasteiger partial charge in [0.15, 0.2) is 0 Å². The molecule has 0 radical (unpaired) electrons. The van der Waals surface area contributed by atoms with Crippen molar-refractivity contribution in [2.45, 2.75) is 88.5 Å². The topological polar surface area (TPSA) is 46.3 Å². The van der Waals surface area contributed by atoms with Crippen molar-refractivity contribution in [2.75, 3.05) is 13.1 Å². The summed E-state index contributed by atoms with van der Waals surface area (Å²) in [6.45, 7) is 8.27. The number of piperidine rings is 1. The number of halogens is 1. The van der Waals surface area contributed by atoms with Crippen molar-refractivity contribution in [3.8, 4) is 0 Å². The molecule has 3 atom stereocenters. The largest absolute Gasteiger partial charge is 0.342 e. The van der Waals surface area contributed by atoms with Gasteiger partial charge in [-0.3, -0.25) is 4.79 Å². The number of alkyl halides is 1. The molecule has 4 heteroatoms. The third-order valence-electron chi connectivity index (χ3n) is 9.66. The summed E-state index contributed by atoms with van der Waals surface area (Å²) in [5.74, 6) is 1.26. The van der Waals surface area contributed by atoms with E-state index in [0.717, 1.165) is 64.5 Å². The molecule has 5 aliphatic rings. The SMILES string of the molecule is CCCC1(Cl)C2CC3(C(=O)N4CC[C@H](N)C(C)(C)C4)CC1CC(c1ccccc1)(C2)C3. The summed E-state index contributed by atoms with van der Waals surface area (Å²) in [7, 11) is 0. The van der Waals surface area contributed by atoms with Crippen molar-refractivity contribution >= 4 is 17.5 Å². The van der Waals surface area contributed by atoms with Gasteiger partial charge < -0.3 is 10.6 Å². The first-order valence-corrected chi connectivity index (χ1v) is 12.8. The summed E-state index contributed by atoms with van der Waals surface area (Å²) >= 11 is 7.45. The van der Waals surface area contributed by atoms with Crippen LogP contribution in [-0.2, 0) is 10.2 Å². The Hall–Kier alpha value is -1.06. The van der Waals surface area contributed by atoms with Crippen LogP contribution in [0.5, 0.6) is 0 Å². The molecule has 1 heterocycles. The van der Waals surface area contributed by atoms with Crippen LogP contribution in [0.1, 0.15) is 77.7 Å². The molecule has 170 valence electrons. The molecule has 1 amide bonds. The zero-order valence-electron chi connectivity index (χ0n) is 19.5. The maximum absolute atomic E-state index is 14.2. The molecule has 6 rings (SSSR count). The molecule has 1 aromatic carbocycles. The number of rotatable bonds is 4. The Kier molecular flexibility index (Phi) is 5.07. The molecule has 1 saturated heterocycles. The Labute approximate surface area is 193 Å². The van der Waals surface area contributed by atoms with Gasteiger partial charge in [0.2, 0.25) is 5.91 Å². The monoisotopic (exact) mass is 442 g/mol. The van der Waals surface area contributed by atoms with E-state index >= 15 is 0 Å². The van der Waals surface area contributed by atoms with E-state index in [1.165, 1.54) is 5.56 Å². The van der Waals surface area contributed by atoms with Gasteiger partial charge in [-0.2, -0.15) is 0 Å². The summed E-state index contributed by atoms with van der Waals surface area (Å²) in [5, 5.41) is 0. The van der Waals surface area contributed by atoms with Gasteiger partial charge in [0.05, 0.1) is 10.3 Å². The van der Waals surface area contributed by atoms with Gasteiger partial charge in [-0.15, -0.1) is 11.6 Å². The second-order valence-corrected chi connectivity index (χ2v) is 12.8. The summed E-state index contributed by atoms with van der Waals surface area (Å²) in [5.41, 5.74) is 7.66. The fourth-order valence-electron chi connectivity index (χ4n) is 8.20. The van der Waals surface area contributed by atoms with Gasteiger partial charge in [0.25, 0.3) is 0 Å². The number of hydrogen-bond acceptors (Lipinski definition) is 2. The standard InChI is InChI=1S/C27H39ClN2O/c1-4-11-27(28)20-13-25(19-8-6-5-7-9-19)14-21(27)16-26(15-20,17-25)23(31)30-12-10-22(29)24(2,3)18-30/h5-9,20-22H,4,10-18,29H2,1-3H3/t20?,21?,22-,25?,26?,27?/m0/s1. The van der Waals surface area contributed by atoms with Gasteiger partial charge in [-0.1, -0.05) is 57.5 Å². The Morgan fingerprint density at radius 3 is 2.35 bits per heavy atom. The van der Waals surface area contributed by atoms with Gasteiger partial charge in [0, 0.05) is 19.1 Å². The zero-order chi connectivity index (χ0) is 22.1. The van der Waals surface area contributed by atoms with Crippen molar-refractivity contribution in [2.24, 2.45) is 28.4 Å². The molecule has 1 aromatic rings. The maximum Gasteiger partial charge on any atom is 0.228 e. The van der Waals surface area contributed by atoms with E-state index < -0.39 is 0 Å². The van der Waals surface area contributed by atoms with Gasteiger partial charge in [-0.25, -0.2) is 0 Å². The second-order valence-electron chi connectivity index (χ2n) is 12.1. The molecular weight excluding hydrogens is 404 g/mol. The number of carbonyl (C=O) groups excluding carboxylic acids is 1. The van der Waals surface area contributed by atoms with Crippen LogP contribution in [0.15, 0.2) is 30.3 Å². The first-order chi connectivity index (χ1) is 14.6. The van der Waals surface area contributed by atoms with E-state index in [2.05, 4.69) is 56.0 Å². The van der Waals surface area contributed by atoms with E-state index in [1.807, 2.05) is 0 Å². The highest BCUT2D eigenvalue weighted by molar-refractivity contribution is 6.24. The number of nitrogens with zero attached hydrogens (tertiary/aromatic N) is 1. The van der Waals surface area contributed by atoms with Crippen molar-refractivity contribution < 1.29 is 4.79 Å². The quantitative estimate of drug-likeness (QED) is 0.626. The number of carbonyl (C=O) groups is 1. The molecule has 0 spiro atoms. The lowest BCUT2D eigenvalue weighted by molar-refractivity contribution is -0.168. The average Bonchev–Trinajstić information content (AvgIpc) is 2.74. The van der Waals surface area contributed by atoms with E-state index in [0.29, 0.717) is 17.7 Å². The average molecular weight is 443 g/mol. The molecule has 2 unspecified atom stereocenters. The highest BCUT2D eigenvalue weighted by Gasteiger charge is 2.68. The third-order valence-corrected chi connectivity index (χ3v) is 10.5. The molecule has 1 aliphatic heterocycles. The van der Waals surface area contributed by atoms with Crippen LogP contribution in [0.4, 0.5) is 0 Å². The van der Waals surface area contributed by atoms with Crippen molar-refractivity contribution in [3.05, 3.63) is 35.9 Å². The van der Waals surface area contributed by atoms with Crippen LogP contribution in [-0.4, -0.2) is 34.8 Å². The Bertz CT molecular complexity index is 834. The summed E-state index contributed by atoms with van der Waals surface area (Å²) in [4.78, 5) is 16.3. The van der Waals surface area contributed by atoms with Gasteiger partial charge in [0.1, 0.15) is 0 Å². The number of likely N-dealkylation sites (tertiary alicyclic amines) is 1. The van der Waals surface area contributed by atoms with Crippen molar-refractivity contribution in [3.63, 3.8) is 0 Å². The highest BCUT2D eigenvalue weighted by atomic mass is 35.5. The third kappa shape index (κ3) is 3.21. The maximum atomic E-state index is 14.2. The molecule has 5 fully saturated rings. The molecule has 0 aromatic heterocycles. The van der Waals surface area contributed by atoms with E-state index in [-0.39, 0.29) is 27.2 Å². The molecule has 3 nitrogen and oxygen atoms in total. The number of benzene rings is 1. The Morgan fingerprint density at radius 1 is 1.13 bits per heavy atom. The lowest BCUT2D eigenvalue weighted by Gasteiger charge is -2.68. The van der Waals surface area contributed by atoms with Crippen molar-refractivity contribution in [1.82, 2.24) is 4.90 Å². The number of nitrogens with two attached hydrogens (primary N) is 1. The lowest BCUT2D eigenvalue weighted by Crippen LogP contribution is -2.67. The summed E-state index contributed by atoms with van der Waals surface area (Å²) < 4.78 is 0. The minimum atomic E-state index is -0.245. The summed E-state index contributed by atoms with van der Waals surface area (Å²) in [6, 6.07) is 11.2. The highest BCUT2D eigenvalue weighted by Crippen LogP contribution is 2.71. The van der Waals surface area contributed by atoms with Crippen LogP contribution in [0.2, 0.25) is 0 Å². The van der Waals surface area contributed by atoms with Crippen LogP contribution in [0, 0.1) is 22.7 Å². The van der Waals surface area contributed by atoms with Crippen LogP contribution in [0.25, 0.3) is 0 Å². The van der Waals surface area contributed by atoms with Gasteiger partial charge in [-0.05, 0) is 73.2 Å². The van der Waals surface area contributed by atoms with E-state index in [1.54, 1.807) is 0 Å². The Morgan fingerprint density at radius 2 is 1.77 bits per heavy atom. The van der Waals surface area contributed by atoms with Crippen molar-refractivity contribution in [1.29, 1.82) is 0 Å². The van der Waals surface area contributed by atoms with Crippen LogP contribution in [0.3, 0.4) is 0 Å². The number of amides is 1. The van der Waals surface area contributed by atoms with E-state index in [4.69, 9.17) is 17.3 Å². The fraction of sp³-hybridized carbons (Fsp3) is 0.741. The predicted octanol–water partition coefficient (Wildman–Crippen LogP) is 5.50. The van der Waals surface area contributed by atoms with Crippen LogP contribution < -0.4 is 5.73 Å². The van der Waals surface area contributed by atoms with Gasteiger partial charge >= 0.3 is 0 Å². The predicted molar refractivity (Wildman–Crippen MR) is 127 cm³/mol. The van der Waals surface area contributed by atoms with E-state index in [9.17, 15) is 4.79 Å². The fourth-order valence-corrected chi connectivity index (χ4v) is 8.70. The summed E-state index contributed by atoms with van der Waals surface area (Å²) in [6.07, 6.45) is 8.33. The molecule has 4 bridgehead atoms. The second kappa shape index (κ2) is 7.22. The molecule has 4 saturated carbocycles. The molecule has 31 heavy (non-hydrogen) atoms. The minimum Gasteiger partial charge on any atom is -0.342 e. The smallest absolute Gasteiger partial charge is 0.228 e. The number of hydrogen-bond donors (Lipinski definition) is 1. The normalized spacial score (nSPS) is 43.3. The molecule has 4 aliphatic carbocycles. The lowest BCUT2D eigenvalue weighted by atomic mass is 9.39. The first kappa shape index (κ1) is 21.8. The van der Waals surface area contributed by atoms with Crippen LogP contribution >= 0.6 is 11.6 Å². The molecule has 2 N–H and O–H groups in total. The Balaban J connectivity index is 1.52. The zero-order valence-corrected chi connectivity index (χ0v) is 20.3. The molecular formula is C27H39ClN2O. The first-order valence-electron chi connectivity index (χ1n) is 12.4.